The van der Waals surface area contributed by atoms with Crippen LogP contribution in [0, 0.1) is 0 Å². The van der Waals surface area contributed by atoms with Crippen molar-refractivity contribution in [2.45, 2.75) is 45.4 Å². The van der Waals surface area contributed by atoms with E-state index >= 15 is 0 Å². The second kappa shape index (κ2) is 11.0. The van der Waals surface area contributed by atoms with Gasteiger partial charge in [-0.2, -0.15) is 0 Å². The Bertz CT molecular complexity index is 94.1. The summed E-state index contributed by atoms with van der Waals surface area (Å²) in [5.74, 6) is -0.670. The Morgan fingerprint density at radius 3 is 2.18 bits per heavy atom. The summed E-state index contributed by atoms with van der Waals surface area (Å²) < 4.78 is 0. The van der Waals surface area contributed by atoms with Gasteiger partial charge in [0.05, 0.1) is 0 Å². The Hall–Kier alpha value is 0.951. The fraction of sp³-hybridized carbons (Fsp3) is 0.875. The van der Waals surface area contributed by atoms with Gasteiger partial charge in [-0.25, -0.2) is 0 Å². The van der Waals surface area contributed by atoms with Gasteiger partial charge >= 0.3 is 51.5 Å². The first-order valence-corrected chi connectivity index (χ1v) is 3.99. The van der Waals surface area contributed by atoms with Crippen LogP contribution in [0.5, 0.6) is 0 Å². The summed E-state index contributed by atoms with van der Waals surface area (Å²) in [4.78, 5) is 10.0. The summed E-state index contributed by atoms with van der Waals surface area (Å²) in [5.41, 5.74) is 0. The molecule has 0 heterocycles. The van der Waals surface area contributed by atoms with Crippen LogP contribution in [0.1, 0.15) is 45.4 Å². The fourth-order valence-electron chi connectivity index (χ4n) is 0.880. The number of carboxylic acids is 1. The van der Waals surface area contributed by atoms with Crippen molar-refractivity contribution in [2.75, 3.05) is 0 Å². The topological polar surface area (TPSA) is 37.3 Å². The molecule has 0 aliphatic rings. The third-order valence-electron chi connectivity index (χ3n) is 1.49. The van der Waals surface area contributed by atoms with E-state index in [-0.39, 0.29) is 45.5 Å². The second-order valence-electron chi connectivity index (χ2n) is 2.56. The van der Waals surface area contributed by atoms with E-state index < -0.39 is 5.97 Å². The molecule has 0 rings (SSSR count). The molecule has 60 valence electrons. The molecule has 0 bridgehead atoms. The van der Waals surface area contributed by atoms with Gasteiger partial charge in [-0.05, 0) is 6.42 Å². The zero-order chi connectivity index (χ0) is 7.82. The third kappa shape index (κ3) is 13.9. The van der Waals surface area contributed by atoms with E-state index in [0.717, 1.165) is 12.8 Å². The normalized spacial score (nSPS) is 8.82. The van der Waals surface area contributed by atoms with Crippen LogP contribution in [0.3, 0.4) is 0 Å². The summed E-state index contributed by atoms with van der Waals surface area (Å²) in [7, 11) is 0. The molecule has 0 aromatic carbocycles. The first-order chi connectivity index (χ1) is 4.77. The van der Waals surface area contributed by atoms with E-state index in [1.165, 1.54) is 19.3 Å². The van der Waals surface area contributed by atoms with E-state index in [1.54, 1.807) is 0 Å². The molecule has 0 fully saturated rings. The Balaban J connectivity index is 0. The van der Waals surface area contributed by atoms with Gasteiger partial charge in [-0.1, -0.05) is 32.6 Å². The first kappa shape index (κ1) is 14.5. The van der Waals surface area contributed by atoms with Gasteiger partial charge in [-0.3, -0.25) is 4.79 Å². The molecule has 0 spiro atoms. The first-order valence-electron chi connectivity index (χ1n) is 3.99. The molecule has 3 heteroatoms. The van der Waals surface area contributed by atoms with Gasteiger partial charge in [-0.15, -0.1) is 0 Å². The maximum Gasteiger partial charge on any atom is 2.00 e. The summed E-state index contributed by atoms with van der Waals surface area (Å²) in [6.45, 7) is 2.15. The number of aliphatic carboxylic acids is 1. The molecule has 0 saturated carbocycles. The van der Waals surface area contributed by atoms with E-state index in [9.17, 15) is 4.79 Å². The molecule has 0 amide bonds. The molecule has 0 aromatic heterocycles. The van der Waals surface area contributed by atoms with Crippen LogP contribution in [0.25, 0.3) is 0 Å². The van der Waals surface area contributed by atoms with Crippen LogP contribution in [0.4, 0.5) is 0 Å². The third-order valence-corrected chi connectivity index (χ3v) is 1.49. The summed E-state index contributed by atoms with van der Waals surface area (Å²) in [6, 6.07) is 0. The predicted molar refractivity (Wildman–Crippen MR) is 46.8 cm³/mol. The molecule has 11 heavy (non-hydrogen) atoms. The quantitative estimate of drug-likeness (QED) is 0.561. The molecule has 0 aromatic rings. The van der Waals surface area contributed by atoms with E-state index in [2.05, 4.69) is 6.92 Å². The van der Waals surface area contributed by atoms with Crippen molar-refractivity contribution in [1.82, 2.24) is 0 Å². The van der Waals surface area contributed by atoms with Crippen molar-refractivity contribution >= 4 is 51.5 Å². The van der Waals surface area contributed by atoms with Crippen molar-refractivity contribution in [3.63, 3.8) is 0 Å². The van der Waals surface area contributed by atoms with E-state index in [1.807, 2.05) is 0 Å². The smallest absolute Gasteiger partial charge is 0.481 e. The number of hydrogen-bond acceptors (Lipinski definition) is 1. The zero-order valence-corrected chi connectivity index (χ0v) is 10.8. The molecule has 0 aliphatic heterocycles. The minimum absolute atomic E-state index is 0. The van der Waals surface area contributed by atoms with Crippen LogP contribution in [0.2, 0.25) is 0 Å². The van der Waals surface area contributed by atoms with Gasteiger partial charge in [0, 0.05) is 6.42 Å². The van der Waals surface area contributed by atoms with Crippen LogP contribution in [0.15, 0.2) is 0 Å². The minimum atomic E-state index is -0.670. The minimum Gasteiger partial charge on any atom is -0.481 e. The van der Waals surface area contributed by atoms with Crippen molar-refractivity contribution in [1.29, 1.82) is 0 Å². The Morgan fingerprint density at radius 2 is 1.73 bits per heavy atom. The molecule has 0 unspecified atom stereocenters. The Morgan fingerprint density at radius 1 is 1.18 bits per heavy atom. The number of carbonyl (C=O) groups is 1. The van der Waals surface area contributed by atoms with E-state index in [0.29, 0.717) is 6.42 Å². The largest absolute Gasteiger partial charge is 2.00 e. The monoisotopic (exact) mass is 232 g/mol. The SMILES string of the molecule is CCCCCCCC(=O)O.[Sr+2]. The molecule has 1 N–H and O–H groups in total. The zero-order valence-electron chi connectivity index (χ0n) is 7.31. The molecule has 2 nitrogen and oxygen atoms in total. The van der Waals surface area contributed by atoms with Gasteiger partial charge in [0.25, 0.3) is 0 Å². The van der Waals surface area contributed by atoms with Crippen LogP contribution in [-0.2, 0) is 4.79 Å². The Labute approximate surface area is 106 Å². The van der Waals surface area contributed by atoms with Crippen molar-refractivity contribution in [2.24, 2.45) is 0 Å². The van der Waals surface area contributed by atoms with Crippen LogP contribution >= 0.6 is 0 Å². The van der Waals surface area contributed by atoms with Crippen molar-refractivity contribution < 1.29 is 9.90 Å². The number of hydrogen-bond donors (Lipinski definition) is 1. The number of carboxylic acid groups (broad SMARTS) is 1. The van der Waals surface area contributed by atoms with E-state index in [4.69, 9.17) is 5.11 Å². The number of unbranched alkanes of at least 4 members (excludes halogenated alkanes) is 4. The average molecular weight is 232 g/mol. The maximum absolute atomic E-state index is 10.0. The fourth-order valence-corrected chi connectivity index (χ4v) is 0.880. The van der Waals surface area contributed by atoms with Gasteiger partial charge in [0.1, 0.15) is 0 Å². The van der Waals surface area contributed by atoms with Crippen molar-refractivity contribution in [3.05, 3.63) is 0 Å². The molecular formula is C8H16O2Sr+2. The molecule has 0 radical (unpaired) electrons. The maximum atomic E-state index is 10.0. The molecule has 0 saturated heterocycles. The van der Waals surface area contributed by atoms with Crippen LogP contribution in [-0.4, -0.2) is 56.6 Å². The Kier molecular flexibility index (Phi) is 14.4. The van der Waals surface area contributed by atoms with Crippen LogP contribution < -0.4 is 0 Å². The molecular weight excluding hydrogens is 216 g/mol. The second-order valence-corrected chi connectivity index (χ2v) is 2.56. The van der Waals surface area contributed by atoms with Gasteiger partial charge in [0.2, 0.25) is 0 Å². The molecule has 0 atom stereocenters. The summed E-state index contributed by atoms with van der Waals surface area (Å²) in [6.07, 6.45) is 5.88. The molecule has 0 aliphatic carbocycles. The summed E-state index contributed by atoms with van der Waals surface area (Å²) in [5, 5.41) is 8.27. The van der Waals surface area contributed by atoms with Crippen molar-refractivity contribution in [3.8, 4) is 0 Å². The number of rotatable bonds is 6. The van der Waals surface area contributed by atoms with Gasteiger partial charge in [0.15, 0.2) is 0 Å². The van der Waals surface area contributed by atoms with Gasteiger partial charge < -0.3 is 5.11 Å². The average Bonchev–Trinajstić information content (AvgIpc) is 1.87. The standard InChI is InChI=1S/C8H16O2.Sr/c1-2-3-4-5-6-7-8(9)10;/h2-7H2,1H3,(H,9,10);/q;+2. The predicted octanol–water partition coefficient (Wildman–Crippen LogP) is 2.05. The summed E-state index contributed by atoms with van der Waals surface area (Å²) >= 11 is 0.